The van der Waals surface area contributed by atoms with Gasteiger partial charge in [0.15, 0.2) is 0 Å². The highest BCUT2D eigenvalue weighted by Crippen LogP contribution is 2.21. The Morgan fingerprint density at radius 3 is 2.27 bits per heavy atom. The van der Waals surface area contributed by atoms with Crippen LogP contribution in [0.3, 0.4) is 0 Å². The Labute approximate surface area is 152 Å². The van der Waals surface area contributed by atoms with Crippen molar-refractivity contribution in [1.82, 2.24) is 15.4 Å². The van der Waals surface area contributed by atoms with Gasteiger partial charge in [0.25, 0.3) is 11.8 Å². The average Bonchev–Trinajstić information content (AvgIpc) is 2.64. The molecule has 0 unspecified atom stereocenters. The van der Waals surface area contributed by atoms with E-state index in [4.69, 9.17) is 0 Å². The number of benzene rings is 2. The fourth-order valence-corrected chi connectivity index (χ4v) is 2.68. The molecular formula is C21H21N3O2. The predicted molar refractivity (Wildman–Crippen MR) is 102 cm³/mol. The predicted octanol–water partition coefficient (Wildman–Crippen LogP) is 3.82. The maximum Gasteiger partial charge on any atom is 0.273 e. The second-order valence-corrected chi connectivity index (χ2v) is 6.99. The topological polar surface area (TPSA) is 62.3 Å². The quantitative estimate of drug-likeness (QED) is 0.717. The molecule has 0 spiro atoms. The molecule has 1 N–H and O–H groups in total. The molecule has 0 radical (unpaired) electrons. The molecule has 2 amide bonds. The molecular weight excluding hydrogens is 326 g/mol. The van der Waals surface area contributed by atoms with Crippen molar-refractivity contribution in [2.45, 2.75) is 26.3 Å². The number of pyridine rings is 1. The van der Waals surface area contributed by atoms with E-state index in [1.54, 1.807) is 36.5 Å². The molecule has 0 aliphatic carbocycles. The van der Waals surface area contributed by atoms with Gasteiger partial charge in [-0.05, 0) is 45.0 Å². The number of fused-ring (bicyclic) bond motifs is 1. The van der Waals surface area contributed by atoms with Gasteiger partial charge in [0, 0.05) is 17.1 Å². The number of amides is 2. The molecule has 0 saturated heterocycles. The van der Waals surface area contributed by atoms with E-state index in [1.807, 2.05) is 51.1 Å². The number of hydrogen-bond acceptors (Lipinski definition) is 3. The monoisotopic (exact) mass is 347 g/mol. The Balaban J connectivity index is 1.98. The van der Waals surface area contributed by atoms with Gasteiger partial charge in [-0.15, -0.1) is 0 Å². The highest BCUT2D eigenvalue weighted by Gasteiger charge is 2.30. The Morgan fingerprint density at radius 1 is 0.923 bits per heavy atom. The van der Waals surface area contributed by atoms with E-state index in [1.165, 1.54) is 5.01 Å². The Bertz CT molecular complexity index is 941. The van der Waals surface area contributed by atoms with E-state index in [-0.39, 0.29) is 11.8 Å². The van der Waals surface area contributed by atoms with Gasteiger partial charge in [-0.3, -0.25) is 20.0 Å². The average molecular weight is 347 g/mol. The number of nitrogens with zero attached hydrogens (tertiary/aromatic N) is 2. The smallest absolute Gasteiger partial charge is 0.267 e. The second-order valence-electron chi connectivity index (χ2n) is 6.99. The molecule has 26 heavy (non-hydrogen) atoms. The molecule has 0 aliphatic heterocycles. The minimum absolute atomic E-state index is 0.277. The van der Waals surface area contributed by atoms with E-state index in [0.29, 0.717) is 11.1 Å². The lowest BCUT2D eigenvalue weighted by molar-refractivity contribution is 0.0360. The molecule has 5 heteroatoms. The van der Waals surface area contributed by atoms with Gasteiger partial charge in [-0.1, -0.05) is 36.4 Å². The normalized spacial score (nSPS) is 11.2. The number of aromatic nitrogens is 1. The van der Waals surface area contributed by atoms with Gasteiger partial charge in [0.2, 0.25) is 0 Å². The molecule has 0 saturated carbocycles. The number of rotatable bonds is 2. The third kappa shape index (κ3) is 3.57. The number of nitrogens with one attached hydrogen (secondary N) is 1. The first-order chi connectivity index (χ1) is 12.4. The lowest BCUT2D eigenvalue weighted by atomic mass is 10.0. The van der Waals surface area contributed by atoms with Gasteiger partial charge >= 0.3 is 0 Å². The minimum Gasteiger partial charge on any atom is -0.267 e. The molecule has 1 heterocycles. The summed E-state index contributed by atoms with van der Waals surface area (Å²) in [5, 5.41) is 2.13. The standard InChI is InChI=1S/C21H21N3O2/c1-21(2,3)24(23-19(25)15-9-5-4-6-10-15)20(26)17-13-14-22-18-12-8-7-11-16(17)18/h4-14H,1-3H3,(H,23,25). The van der Waals surface area contributed by atoms with Crippen molar-refractivity contribution in [3.05, 3.63) is 78.0 Å². The van der Waals surface area contributed by atoms with Crippen LogP contribution in [0.25, 0.3) is 10.9 Å². The van der Waals surface area contributed by atoms with Crippen molar-refractivity contribution in [3.8, 4) is 0 Å². The zero-order valence-corrected chi connectivity index (χ0v) is 15.1. The van der Waals surface area contributed by atoms with Crippen LogP contribution in [0, 0.1) is 0 Å². The molecule has 132 valence electrons. The summed E-state index contributed by atoms with van der Waals surface area (Å²) in [5.41, 5.74) is 3.89. The number of carbonyl (C=O) groups is 2. The van der Waals surface area contributed by atoms with Gasteiger partial charge in [0.05, 0.1) is 16.6 Å². The molecule has 3 rings (SSSR count). The van der Waals surface area contributed by atoms with Crippen LogP contribution in [0.4, 0.5) is 0 Å². The molecule has 0 fully saturated rings. The van der Waals surface area contributed by atoms with Crippen molar-refractivity contribution in [2.24, 2.45) is 0 Å². The first kappa shape index (κ1) is 17.6. The largest absolute Gasteiger partial charge is 0.273 e. The fraction of sp³-hybridized carbons (Fsp3) is 0.190. The van der Waals surface area contributed by atoms with Crippen LogP contribution < -0.4 is 5.43 Å². The summed E-state index contributed by atoms with van der Waals surface area (Å²) in [6.07, 6.45) is 1.61. The van der Waals surface area contributed by atoms with Gasteiger partial charge in [0.1, 0.15) is 0 Å². The minimum atomic E-state index is -0.605. The van der Waals surface area contributed by atoms with Crippen molar-refractivity contribution >= 4 is 22.7 Å². The van der Waals surface area contributed by atoms with E-state index >= 15 is 0 Å². The first-order valence-corrected chi connectivity index (χ1v) is 8.42. The number of para-hydroxylation sites is 1. The van der Waals surface area contributed by atoms with Crippen molar-refractivity contribution in [1.29, 1.82) is 0 Å². The molecule has 5 nitrogen and oxygen atoms in total. The summed E-state index contributed by atoms with van der Waals surface area (Å²) < 4.78 is 0. The van der Waals surface area contributed by atoms with Gasteiger partial charge in [-0.2, -0.15) is 0 Å². The number of hydrogen-bond donors (Lipinski definition) is 1. The highest BCUT2D eigenvalue weighted by molar-refractivity contribution is 6.07. The zero-order valence-electron chi connectivity index (χ0n) is 15.1. The highest BCUT2D eigenvalue weighted by atomic mass is 16.2. The maximum absolute atomic E-state index is 13.3. The van der Waals surface area contributed by atoms with E-state index in [9.17, 15) is 9.59 Å². The SMILES string of the molecule is CC(C)(C)N(NC(=O)c1ccccc1)C(=O)c1ccnc2ccccc12. The van der Waals surface area contributed by atoms with Crippen LogP contribution in [0.5, 0.6) is 0 Å². The van der Waals surface area contributed by atoms with Crippen LogP contribution in [0.15, 0.2) is 66.9 Å². The number of hydrazine groups is 1. The molecule has 0 atom stereocenters. The Morgan fingerprint density at radius 2 is 1.58 bits per heavy atom. The molecule has 1 aromatic heterocycles. The van der Waals surface area contributed by atoms with Crippen LogP contribution in [-0.2, 0) is 0 Å². The van der Waals surface area contributed by atoms with Crippen LogP contribution in [0.1, 0.15) is 41.5 Å². The summed E-state index contributed by atoms with van der Waals surface area (Å²) in [6, 6.07) is 18.0. The maximum atomic E-state index is 13.3. The number of carbonyl (C=O) groups excluding carboxylic acids is 2. The van der Waals surface area contributed by atoms with E-state index in [2.05, 4.69) is 10.4 Å². The lowest BCUT2D eigenvalue weighted by Crippen LogP contribution is -2.55. The zero-order chi connectivity index (χ0) is 18.7. The molecule has 3 aromatic rings. The van der Waals surface area contributed by atoms with E-state index in [0.717, 1.165) is 10.9 Å². The summed E-state index contributed by atoms with van der Waals surface area (Å²) in [6.45, 7) is 5.62. The van der Waals surface area contributed by atoms with Crippen molar-refractivity contribution in [3.63, 3.8) is 0 Å². The molecule has 0 aliphatic rings. The van der Waals surface area contributed by atoms with Gasteiger partial charge in [-0.25, -0.2) is 5.01 Å². The fourth-order valence-electron chi connectivity index (χ4n) is 2.68. The summed E-state index contributed by atoms with van der Waals surface area (Å²) in [7, 11) is 0. The van der Waals surface area contributed by atoms with Gasteiger partial charge < -0.3 is 0 Å². The van der Waals surface area contributed by atoms with Crippen LogP contribution >= 0.6 is 0 Å². The lowest BCUT2D eigenvalue weighted by Gasteiger charge is -2.35. The third-order valence-corrected chi connectivity index (χ3v) is 4.00. The van der Waals surface area contributed by atoms with Crippen LogP contribution in [0.2, 0.25) is 0 Å². The molecule has 2 aromatic carbocycles. The first-order valence-electron chi connectivity index (χ1n) is 8.42. The molecule has 0 bridgehead atoms. The summed E-state index contributed by atoms with van der Waals surface area (Å²) in [5.74, 6) is -0.604. The Kier molecular flexibility index (Phi) is 4.71. The van der Waals surface area contributed by atoms with Crippen LogP contribution in [-0.4, -0.2) is 27.3 Å². The third-order valence-electron chi connectivity index (χ3n) is 4.00. The Hall–Kier alpha value is -3.21. The van der Waals surface area contributed by atoms with Crippen molar-refractivity contribution < 1.29 is 9.59 Å². The van der Waals surface area contributed by atoms with Crippen molar-refractivity contribution in [2.75, 3.05) is 0 Å². The second kappa shape index (κ2) is 6.96. The summed E-state index contributed by atoms with van der Waals surface area (Å²) in [4.78, 5) is 30.1. The summed E-state index contributed by atoms with van der Waals surface area (Å²) >= 11 is 0. The van der Waals surface area contributed by atoms with E-state index < -0.39 is 5.54 Å².